The second-order valence-electron chi connectivity index (χ2n) is 8.42. The summed E-state index contributed by atoms with van der Waals surface area (Å²) in [6, 6.07) is 15.5. The largest absolute Gasteiger partial charge is 0.350 e. The van der Waals surface area contributed by atoms with E-state index in [4.69, 9.17) is 5.10 Å². The normalized spacial score (nSPS) is 11.2. The van der Waals surface area contributed by atoms with Crippen molar-refractivity contribution in [2.45, 2.75) is 33.7 Å². The van der Waals surface area contributed by atoms with Crippen LogP contribution in [0.15, 0.2) is 64.9 Å². The van der Waals surface area contributed by atoms with Crippen LogP contribution in [0.4, 0.5) is 0 Å². The number of hydrogen-bond acceptors (Lipinski definition) is 6. The highest BCUT2D eigenvalue weighted by Gasteiger charge is 2.20. The number of hydrogen-bond donors (Lipinski definition) is 1. The number of carbonyl (C=O) groups excluding carboxylic acids is 1. The van der Waals surface area contributed by atoms with Crippen LogP contribution >= 0.6 is 11.3 Å². The van der Waals surface area contributed by atoms with Crippen LogP contribution in [0.2, 0.25) is 0 Å². The van der Waals surface area contributed by atoms with Gasteiger partial charge in [0.15, 0.2) is 4.96 Å². The average Bonchev–Trinajstić information content (AvgIpc) is 3.42. The first-order valence-electron chi connectivity index (χ1n) is 11.2. The minimum atomic E-state index is -0.227. The van der Waals surface area contributed by atoms with E-state index in [1.54, 1.807) is 6.20 Å². The highest BCUT2D eigenvalue weighted by Crippen LogP contribution is 2.23. The Hall–Kier alpha value is -4.11. The Bertz CT molecular complexity index is 1580. The summed E-state index contributed by atoms with van der Waals surface area (Å²) in [5.74, 6) is -0.191. The van der Waals surface area contributed by atoms with E-state index < -0.39 is 0 Å². The van der Waals surface area contributed by atoms with Gasteiger partial charge < -0.3 is 5.32 Å². The molecule has 0 saturated carbocycles. The van der Waals surface area contributed by atoms with E-state index in [2.05, 4.69) is 15.3 Å². The smallest absolute Gasteiger partial charge is 0.268 e. The molecule has 5 rings (SSSR count). The average molecular weight is 485 g/mol. The Morgan fingerprint density at radius 2 is 1.89 bits per heavy atom. The monoisotopic (exact) mass is 484 g/mol. The number of carbonyl (C=O) groups is 1. The Morgan fingerprint density at radius 3 is 2.63 bits per heavy atom. The van der Waals surface area contributed by atoms with Gasteiger partial charge in [0.25, 0.3) is 5.56 Å². The van der Waals surface area contributed by atoms with Gasteiger partial charge in [0.2, 0.25) is 5.91 Å². The molecule has 1 N–H and O–H groups in total. The summed E-state index contributed by atoms with van der Waals surface area (Å²) in [5.41, 5.74) is 5.74. The van der Waals surface area contributed by atoms with Crippen LogP contribution in [0, 0.1) is 20.8 Å². The maximum Gasteiger partial charge on any atom is 0.268 e. The lowest BCUT2D eigenvalue weighted by Crippen LogP contribution is -2.27. The van der Waals surface area contributed by atoms with Gasteiger partial charge in [-0.2, -0.15) is 5.10 Å². The van der Waals surface area contributed by atoms with Crippen LogP contribution in [0.1, 0.15) is 28.3 Å². The number of nitrogens with one attached hydrogen (secondary N) is 1. The SMILES string of the molecule is Cc1ccc(-n2nc(-c3c(C)nc4scc(CC(=O)NCc5ccccn5)n4c3=O)cc2C)cc1. The van der Waals surface area contributed by atoms with E-state index in [9.17, 15) is 9.59 Å². The molecule has 9 heteroatoms. The van der Waals surface area contributed by atoms with Crippen LogP contribution in [-0.4, -0.2) is 30.1 Å². The molecule has 0 saturated heterocycles. The quantitative estimate of drug-likeness (QED) is 0.396. The summed E-state index contributed by atoms with van der Waals surface area (Å²) in [7, 11) is 0. The van der Waals surface area contributed by atoms with Crippen LogP contribution in [0.25, 0.3) is 21.9 Å². The molecule has 0 aliphatic heterocycles. The van der Waals surface area contributed by atoms with Gasteiger partial charge in [-0.3, -0.25) is 19.0 Å². The number of thiazole rings is 1. The first kappa shape index (κ1) is 22.7. The predicted molar refractivity (Wildman–Crippen MR) is 136 cm³/mol. The van der Waals surface area contributed by atoms with E-state index in [-0.39, 0.29) is 17.9 Å². The number of pyridine rings is 1. The minimum Gasteiger partial charge on any atom is -0.350 e. The van der Waals surface area contributed by atoms with Gasteiger partial charge in [0.1, 0.15) is 5.69 Å². The Labute approximate surface area is 205 Å². The third-order valence-electron chi connectivity index (χ3n) is 5.78. The lowest BCUT2D eigenvalue weighted by atomic mass is 10.1. The summed E-state index contributed by atoms with van der Waals surface area (Å²) in [4.78, 5) is 35.7. The summed E-state index contributed by atoms with van der Waals surface area (Å²) in [6.45, 7) is 6.13. The maximum atomic E-state index is 13.6. The fraction of sp³-hybridized carbons (Fsp3) is 0.192. The molecule has 1 amide bonds. The zero-order valence-electron chi connectivity index (χ0n) is 19.6. The van der Waals surface area contributed by atoms with Crippen molar-refractivity contribution in [1.29, 1.82) is 0 Å². The van der Waals surface area contributed by atoms with Gasteiger partial charge in [0.05, 0.1) is 35.6 Å². The number of aryl methyl sites for hydroxylation is 3. The fourth-order valence-corrected chi connectivity index (χ4v) is 4.91. The van der Waals surface area contributed by atoms with Crippen molar-refractivity contribution in [2.75, 3.05) is 0 Å². The first-order chi connectivity index (χ1) is 16.9. The molecule has 0 aliphatic rings. The molecule has 0 unspecified atom stereocenters. The minimum absolute atomic E-state index is 0.0632. The molecule has 0 fully saturated rings. The molecule has 0 radical (unpaired) electrons. The van der Waals surface area contributed by atoms with Gasteiger partial charge in [-0.15, -0.1) is 11.3 Å². The van der Waals surface area contributed by atoms with Gasteiger partial charge in [-0.25, -0.2) is 9.67 Å². The van der Waals surface area contributed by atoms with Crippen molar-refractivity contribution in [3.05, 3.63) is 98.8 Å². The molecule has 176 valence electrons. The fourth-order valence-electron chi connectivity index (χ4n) is 3.99. The molecule has 8 nitrogen and oxygen atoms in total. The second kappa shape index (κ2) is 9.27. The molecule has 0 spiro atoms. The Balaban J connectivity index is 1.47. The van der Waals surface area contributed by atoms with Crippen molar-refractivity contribution in [3.63, 3.8) is 0 Å². The highest BCUT2D eigenvalue weighted by molar-refractivity contribution is 7.15. The van der Waals surface area contributed by atoms with Gasteiger partial charge in [-0.05, 0) is 51.1 Å². The zero-order valence-corrected chi connectivity index (χ0v) is 20.5. The number of amides is 1. The molecule has 1 aromatic carbocycles. The van der Waals surface area contributed by atoms with E-state index in [0.29, 0.717) is 34.2 Å². The van der Waals surface area contributed by atoms with Crippen LogP contribution < -0.4 is 10.9 Å². The third-order valence-corrected chi connectivity index (χ3v) is 6.65. The second-order valence-corrected chi connectivity index (χ2v) is 9.25. The number of benzene rings is 1. The van der Waals surface area contributed by atoms with E-state index in [0.717, 1.165) is 22.6 Å². The molecule has 0 atom stereocenters. The van der Waals surface area contributed by atoms with Gasteiger partial charge >= 0.3 is 0 Å². The molecular formula is C26H24N6O2S. The Morgan fingerprint density at radius 1 is 1.09 bits per heavy atom. The van der Waals surface area contributed by atoms with Crippen molar-refractivity contribution in [2.24, 2.45) is 0 Å². The topological polar surface area (TPSA) is 94.2 Å². The molecule has 4 heterocycles. The highest BCUT2D eigenvalue weighted by atomic mass is 32.1. The number of nitrogens with zero attached hydrogens (tertiary/aromatic N) is 5. The molecule has 35 heavy (non-hydrogen) atoms. The van der Waals surface area contributed by atoms with Crippen LogP contribution in [0.3, 0.4) is 0 Å². The summed E-state index contributed by atoms with van der Waals surface area (Å²) < 4.78 is 3.34. The number of fused-ring (bicyclic) bond motifs is 1. The van der Waals surface area contributed by atoms with E-state index in [1.807, 2.05) is 79.4 Å². The lowest BCUT2D eigenvalue weighted by Gasteiger charge is -2.07. The lowest BCUT2D eigenvalue weighted by molar-refractivity contribution is -0.120. The standard InChI is InChI=1S/C26H24N6O2S/c1-16-7-9-20(10-8-16)32-17(2)12-22(30-32)24-18(3)29-26-31(25(24)34)21(15-35-26)13-23(33)28-14-19-6-4-5-11-27-19/h4-12,15H,13-14H2,1-3H3,(H,28,33). The van der Waals surface area contributed by atoms with E-state index >= 15 is 0 Å². The number of rotatable bonds is 6. The maximum absolute atomic E-state index is 13.6. The summed E-state index contributed by atoms with van der Waals surface area (Å²) >= 11 is 1.34. The molecule has 0 aliphatic carbocycles. The molecule has 4 aromatic heterocycles. The van der Waals surface area contributed by atoms with Crippen LogP contribution in [0.5, 0.6) is 0 Å². The zero-order chi connectivity index (χ0) is 24.5. The molecular weight excluding hydrogens is 460 g/mol. The first-order valence-corrected chi connectivity index (χ1v) is 12.1. The van der Waals surface area contributed by atoms with Crippen molar-refractivity contribution < 1.29 is 4.79 Å². The van der Waals surface area contributed by atoms with Crippen molar-refractivity contribution in [3.8, 4) is 16.9 Å². The number of aromatic nitrogens is 5. The van der Waals surface area contributed by atoms with E-state index in [1.165, 1.54) is 15.7 Å². The van der Waals surface area contributed by atoms with Crippen molar-refractivity contribution in [1.82, 2.24) is 29.5 Å². The van der Waals surface area contributed by atoms with Gasteiger partial charge in [0, 0.05) is 23.0 Å². The predicted octanol–water partition coefficient (Wildman–Crippen LogP) is 3.79. The van der Waals surface area contributed by atoms with Gasteiger partial charge in [-0.1, -0.05) is 23.8 Å². The summed E-state index contributed by atoms with van der Waals surface area (Å²) in [6.07, 6.45) is 1.75. The molecule has 0 bridgehead atoms. The Kier molecular flexibility index (Phi) is 6.00. The molecule has 5 aromatic rings. The third kappa shape index (κ3) is 4.50. The summed E-state index contributed by atoms with van der Waals surface area (Å²) in [5, 5.41) is 9.40. The van der Waals surface area contributed by atoms with Crippen LogP contribution in [-0.2, 0) is 17.8 Å². The van der Waals surface area contributed by atoms with Crippen molar-refractivity contribution >= 4 is 22.2 Å².